The van der Waals surface area contributed by atoms with E-state index >= 15 is 0 Å². The fraction of sp³-hybridized carbons (Fsp3) is 0.300. The number of fused-ring (bicyclic) bond motifs is 1. The first-order chi connectivity index (χ1) is 12.7. The fourth-order valence-corrected chi connectivity index (χ4v) is 3.47. The van der Waals surface area contributed by atoms with E-state index in [9.17, 15) is 4.79 Å². The summed E-state index contributed by atoms with van der Waals surface area (Å²) < 4.78 is 5.87. The minimum atomic E-state index is -0.0170. The summed E-state index contributed by atoms with van der Waals surface area (Å²) in [6.45, 7) is 1.95. The van der Waals surface area contributed by atoms with Crippen LogP contribution in [0.25, 0.3) is 11.1 Å². The molecule has 3 aromatic rings. The lowest BCUT2D eigenvalue weighted by molar-refractivity contribution is 0.177. The van der Waals surface area contributed by atoms with Crippen molar-refractivity contribution < 1.29 is 9.21 Å². The van der Waals surface area contributed by atoms with E-state index in [1.54, 1.807) is 6.07 Å². The molecule has 1 aromatic heterocycles. The SMILES string of the molecule is O=C(NCc1ccccc1)N1CCC(c2nc3cc(Cl)ccc3o2)CC1. The Morgan fingerprint density at radius 2 is 1.96 bits per heavy atom. The second kappa shape index (κ2) is 7.38. The highest BCUT2D eigenvalue weighted by Crippen LogP contribution is 2.30. The molecule has 2 heterocycles. The molecule has 2 amide bonds. The van der Waals surface area contributed by atoms with Crippen LogP contribution in [0.3, 0.4) is 0 Å². The predicted molar refractivity (Wildman–Crippen MR) is 101 cm³/mol. The summed E-state index contributed by atoms with van der Waals surface area (Å²) in [6.07, 6.45) is 1.69. The molecule has 6 heteroatoms. The molecule has 0 atom stereocenters. The van der Waals surface area contributed by atoms with Crippen LogP contribution in [0.5, 0.6) is 0 Å². The van der Waals surface area contributed by atoms with E-state index in [2.05, 4.69) is 10.3 Å². The number of likely N-dealkylation sites (tertiary alicyclic amines) is 1. The second-order valence-corrected chi connectivity index (χ2v) is 7.01. The lowest BCUT2D eigenvalue weighted by Crippen LogP contribution is -2.43. The smallest absolute Gasteiger partial charge is 0.317 e. The van der Waals surface area contributed by atoms with Gasteiger partial charge in [-0.25, -0.2) is 9.78 Å². The van der Waals surface area contributed by atoms with E-state index in [-0.39, 0.29) is 11.9 Å². The lowest BCUT2D eigenvalue weighted by Gasteiger charge is -2.30. The molecule has 1 aliphatic heterocycles. The predicted octanol–water partition coefficient (Wildman–Crippen LogP) is 4.57. The van der Waals surface area contributed by atoms with Crippen molar-refractivity contribution in [2.75, 3.05) is 13.1 Å². The van der Waals surface area contributed by atoms with Gasteiger partial charge in [-0.2, -0.15) is 0 Å². The number of nitrogens with zero attached hydrogens (tertiary/aromatic N) is 2. The highest BCUT2D eigenvalue weighted by atomic mass is 35.5. The Kier molecular flexibility index (Phi) is 4.80. The minimum Gasteiger partial charge on any atom is -0.440 e. The van der Waals surface area contributed by atoms with Crippen LogP contribution in [0.4, 0.5) is 4.79 Å². The van der Waals surface area contributed by atoms with E-state index in [1.807, 2.05) is 47.4 Å². The van der Waals surface area contributed by atoms with Gasteiger partial charge in [0, 0.05) is 30.6 Å². The first-order valence-electron chi connectivity index (χ1n) is 8.82. The summed E-state index contributed by atoms with van der Waals surface area (Å²) in [4.78, 5) is 18.8. The van der Waals surface area contributed by atoms with E-state index in [0.717, 1.165) is 35.4 Å². The fourth-order valence-electron chi connectivity index (χ4n) is 3.31. The van der Waals surface area contributed by atoms with Crippen LogP contribution >= 0.6 is 11.6 Å². The van der Waals surface area contributed by atoms with Crippen molar-refractivity contribution in [1.29, 1.82) is 0 Å². The third-order valence-corrected chi connectivity index (χ3v) is 5.02. The van der Waals surface area contributed by atoms with Crippen LogP contribution in [0.1, 0.15) is 30.2 Å². The molecule has 0 radical (unpaired) electrons. The normalized spacial score (nSPS) is 15.3. The molecule has 134 valence electrons. The molecule has 1 aliphatic rings. The van der Waals surface area contributed by atoms with Crippen molar-refractivity contribution in [3.63, 3.8) is 0 Å². The quantitative estimate of drug-likeness (QED) is 0.735. The Labute approximate surface area is 157 Å². The molecule has 2 aromatic carbocycles. The summed E-state index contributed by atoms with van der Waals surface area (Å²) >= 11 is 6.01. The van der Waals surface area contributed by atoms with Crippen molar-refractivity contribution in [3.05, 3.63) is 65.0 Å². The van der Waals surface area contributed by atoms with Crippen molar-refractivity contribution in [3.8, 4) is 0 Å². The first kappa shape index (κ1) is 16.9. The highest BCUT2D eigenvalue weighted by molar-refractivity contribution is 6.31. The molecule has 0 spiro atoms. The Balaban J connectivity index is 1.33. The zero-order chi connectivity index (χ0) is 17.9. The topological polar surface area (TPSA) is 58.4 Å². The zero-order valence-corrected chi connectivity index (χ0v) is 15.1. The molecule has 4 rings (SSSR count). The van der Waals surface area contributed by atoms with Gasteiger partial charge in [-0.3, -0.25) is 0 Å². The number of nitrogens with one attached hydrogen (secondary N) is 1. The summed E-state index contributed by atoms with van der Waals surface area (Å²) in [6, 6.07) is 15.4. The van der Waals surface area contributed by atoms with E-state index in [4.69, 9.17) is 16.0 Å². The van der Waals surface area contributed by atoms with Crippen LogP contribution < -0.4 is 5.32 Å². The Morgan fingerprint density at radius 1 is 1.19 bits per heavy atom. The molecule has 0 bridgehead atoms. The highest BCUT2D eigenvalue weighted by Gasteiger charge is 2.27. The molecular formula is C20H20ClN3O2. The van der Waals surface area contributed by atoms with Gasteiger partial charge in [0.2, 0.25) is 0 Å². The van der Waals surface area contributed by atoms with Gasteiger partial charge in [-0.15, -0.1) is 0 Å². The maximum absolute atomic E-state index is 12.4. The van der Waals surface area contributed by atoms with Gasteiger partial charge < -0.3 is 14.6 Å². The van der Waals surface area contributed by atoms with Gasteiger partial charge in [0.25, 0.3) is 0 Å². The number of rotatable bonds is 3. The van der Waals surface area contributed by atoms with Crippen LogP contribution in [-0.2, 0) is 6.54 Å². The Bertz CT molecular complexity index is 902. The third kappa shape index (κ3) is 3.68. The van der Waals surface area contributed by atoms with Crippen molar-refractivity contribution in [2.24, 2.45) is 0 Å². The van der Waals surface area contributed by atoms with Gasteiger partial charge in [-0.1, -0.05) is 41.9 Å². The number of hydrogen-bond donors (Lipinski definition) is 1. The lowest BCUT2D eigenvalue weighted by atomic mass is 9.97. The molecule has 5 nitrogen and oxygen atoms in total. The number of carbonyl (C=O) groups is 1. The van der Waals surface area contributed by atoms with Gasteiger partial charge in [0.1, 0.15) is 5.52 Å². The van der Waals surface area contributed by atoms with Gasteiger partial charge in [-0.05, 0) is 36.6 Å². The first-order valence-corrected chi connectivity index (χ1v) is 9.19. The average molecular weight is 370 g/mol. The second-order valence-electron chi connectivity index (χ2n) is 6.57. The molecule has 1 fully saturated rings. The van der Waals surface area contributed by atoms with Crippen molar-refractivity contribution in [2.45, 2.75) is 25.3 Å². The van der Waals surface area contributed by atoms with Gasteiger partial charge >= 0.3 is 6.03 Å². The number of aromatic nitrogens is 1. The molecular weight excluding hydrogens is 350 g/mol. The van der Waals surface area contributed by atoms with E-state index < -0.39 is 0 Å². The standard InChI is InChI=1S/C20H20ClN3O2/c21-16-6-7-18-17(12-16)23-19(26-18)15-8-10-24(11-9-15)20(25)22-13-14-4-2-1-3-5-14/h1-7,12,15H,8-11,13H2,(H,22,25). The number of amides is 2. The van der Waals surface area contributed by atoms with Crippen LogP contribution in [0, 0.1) is 0 Å². The maximum atomic E-state index is 12.4. The van der Waals surface area contributed by atoms with E-state index in [0.29, 0.717) is 24.7 Å². The van der Waals surface area contributed by atoms with Crippen molar-refractivity contribution in [1.82, 2.24) is 15.2 Å². The van der Waals surface area contributed by atoms with Gasteiger partial charge in [0.05, 0.1) is 0 Å². The molecule has 1 saturated heterocycles. The number of urea groups is 1. The zero-order valence-electron chi connectivity index (χ0n) is 14.3. The summed E-state index contributed by atoms with van der Waals surface area (Å²) in [5.41, 5.74) is 2.64. The number of halogens is 1. The summed E-state index contributed by atoms with van der Waals surface area (Å²) in [5.74, 6) is 0.978. The van der Waals surface area contributed by atoms with Crippen LogP contribution in [0.2, 0.25) is 5.02 Å². The Morgan fingerprint density at radius 3 is 2.73 bits per heavy atom. The Hall–Kier alpha value is -2.53. The van der Waals surface area contributed by atoms with E-state index in [1.165, 1.54) is 0 Å². The molecule has 0 saturated carbocycles. The molecule has 0 unspecified atom stereocenters. The molecule has 26 heavy (non-hydrogen) atoms. The maximum Gasteiger partial charge on any atom is 0.317 e. The number of carbonyl (C=O) groups excluding carboxylic acids is 1. The third-order valence-electron chi connectivity index (χ3n) is 4.78. The number of piperidine rings is 1. The van der Waals surface area contributed by atoms with Gasteiger partial charge in [0.15, 0.2) is 11.5 Å². The van der Waals surface area contributed by atoms with Crippen LogP contribution in [-0.4, -0.2) is 29.0 Å². The number of hydrogen-bond acceptors (Lipinski definition) is 3. The molecule has 0 aliphatic carbocycles. The number of oxazole rings is 1. The number of benzene rings is 2. The van der Waals surface area contributed by atoms with Crippen molar-refractivity contribution >= 4 is 28.7 Å². The summed E-state index contributed by atoms with van der Waals surface area (Å²) in [7, 11) is 0. The largest absolute Gasteiger partial charge is 0.440 e. The van der Waals surface area contributed by atoms with Crippen LogP contribution in [0.15, 0.2) is 52.9 Å². The molecule has 1 N–H and O–H groups in total. The summed E-state index contributed by atoms with van der Waals surface area (Å²) in [5, 5.41) is 3.64. The average Bonchev–Trinajstić information content (AvgIpc) is 3.10. The minimum absolute atomic E-state index is 0.0170. The monoisotopic (exact) mass is 369 g/mol.